The number of anilines is 2. The van der Waals surface area contributed by atoms with Crippen LogP contribution >= 0.6 is 0 Å². The number of carbonyl (C=O) groups excluding carboxylic acids is 1. The average Bonchev–Trinajstić information content (AvgIpc) is 2.67. The molecule has 4 heteroatoms. The first-order valence-electron chi connectivity index (χ1n) is 9.42. The van der Waals surface area contributed by atoms with Crippen molar-refractivity contribution in [3.05, 3.63) is 59.7 Å². The number of piperidine rings is 1. The van der Waals surface area contributed by atoms with Gasteiger partial charge in [-0.15, -0.1) is 0 Å². The number of benzene rings is 2. The lowest BCUT2D eigenvalue weighted by Gasteiger charge is -2.32. The van der Waals surface area contributed by atoms with E-state index < -0.39 is 0 Å². The highest BCUT2D eigenvalue weighted by Crippen LogP contribution is 2.25. The van der Waals surface area contributed by atoms with Crippen LogP contribution in [0.5, 0.6) is 0 Å². The quantitative estimate of drug-likeness (QED) is 0.875. The van der Waals surface area contributed by atoms with Gasteiger partial charge >= 0.3 is 0 Å². The Kier molecular flexibility index (Phi) is 5.82. The van der Waals surface area contributed by atoms with Gasteiger partial charge in [-0.3, -0.25) is 4.79 Å². The van der Waals surface area contributed by atoms with Gasteiger partial charge in [0.15, 0.2) is 0 Å². The van der Waals surface area contributed by atoms with Gasteiger partial charge in [0, 0.05) is 50.7 Å². The highest BCUT2D eigenvalue weighted by atomic mass is 16.2. The molecule has 0 bridgehead atoms. The molecule has 0 saturated carbocycles. The highest BCUT2D eigenvalue weighted by molar-refractivity contribution is 5.94. The van der Waals surface area contributed by atoms with Crippen LogP contribution in [0, 0.1) is 5.92 Å². The van der Waals surface area contributed by atoms with E-state index in [9.17, 15) is 4.79 Å². The Morgan fingerprint density at radius 1 is 1.12 bits per heavy atom. The zero-order valence-corrected chi connectivity index (χ0v) is 16.0. The summed E-state index contributed by atoms with van der Waals surface area (Å²) < 4.78 is 0. The Hall–Kier alpha value is -2.49. The van der Waals surface area contributed by atoms with E-state index in [4.69, 9.17) is 0 Å². The average molecular weight is 351 g/mol. The molecule has 2 aromatic rings. The van der Waals surface area contributed by atoms with Crippen molar-refractivity contribution < 1.29 is 4.79 Å². The minimum atomic E-state index is 0.0353. The topological polar surface area (TPSA) is 35.6 Å². The van der Waals surface area contributed by atoms with E-state index in [0.717, 1.165) is 35.8 Å². The Bertz CT molecular complexity index is 749. The lowest BCUT2D eigenvalue weighted by Crippen LogP contribution is -2.32. The van der Waals surface area contributed by atoms with Crippen molar-refractivity contribution >= 4 is 17.3 Å². The molecule has 0 aliphatic carbocycles. The van der Waals surface area contributed by atoms with Gasteiger partial charge in [-0.25, -0.2) is 0 Å². The maximum Gasteiger partial charge on any atom is 0.253 e. The molecule has 0 spiro atoms. The second-order valence-corrected chi connectivity index (χ2v) is 7.47. The van der Waals surface area contributed by atoms with Crippen molar-refractivity contribution in [3.63, 3.8) is 0 Å². The maximum absolute atomic E-state index is 12.1. The molecule has 26 heavy (non-hydrogen) atoms. The van der Waals surface area contributed by atoms with Gasteiger partial charge < -0.3 is 15.1 Å². The third-order valence-electron chi connectivity index (χ3n) is 5.07. The first kappa shape index (κ1) is 18.3. The normalized spacial score (nSPS) is 15.0. The molecule has 1 fully saturated rings. The van der Waals surface area contributed by atoms with Crippen molar-refractivity contribution in [3.8, 4) is 0 Å². The molecule has 0 radical (unpaired) electrons. The van der Waals surface area contributed by atoms with Gasteiger partial charge in [-0.1, -0.05) is 25.1 Å². The summed E-state index contributed by atoms with van der Waals surface area (Å²) in [4.78, 5) is 16.2. The summed E-state index contributed by atoms with van der Waals surface area (Å²) >= 11 is 0. The second-order valence-electron chi connectivity index (χ2n) is 7.47. The first-order valence-corrected chi connectivity index (χ1v) is 9.42. The van der Waals surface area contributed by atoms with Gasteiger partial charge in [-0.05, 0) is 54.7 Å². The van der Waals surface area contributed by atoms with Gasteiger partial charge in [0.2, 0.25) is 0 Å². The number of hydrogen-bond donors (Lipinski definition) is 1. The Morgan fingerprint density at radius 3 is 2.58 bits per heavy atom. The SMILES string of the molecule is CC1CCN(c2cccc(NCc3cccc(C(=O)N(C)C)c3)c2)CC1. The highest BCUT2D eigenvalue weighted by Gasteiger charge is 2.16. The summed E-state index contributed by atoms with van der Waals surface area (Å²) in [5.41, 5.74) is 4.24. The predicted molar refractivity (Wildman–Crippen MR) is 109 cm³/mol. The van der Waals surface area contributed by atoms with Crippen LogP contribution in [0.15, 0.2) is 48.5 Å². The van der Waals surface area contributed by atoms with Gasteiger partial charge in [0.1, 0.15) is 0 Å². The van der Waals surface area contributed by atoms with E-state index in [1.54, 1.807) is 19.0 Å². The Morgan fingerprint density at radius 2 is 1.85 bits per heavy atom. The summed E-state index contributed by atoms with van der Waals surface area (Å²) in [6, 6.07) is 16.5. The molecule has 3 rings (SSSR count). The number of nitrogens with one attached hydrogen (secondary N) is 1. The molecule has 1 amide bonds. The predicted octanol–water partition coefficient (Wildman–Crippen LogP) is 4.24. The molecule has 1 saturated heterocycles. The minimum Gasteiger partial charge on any atom is -0.381 e. The second kappa shape index (κ2) is 8.26. The van der Waals surface area contributed by atoms with Gasteiger partial charge in [0.25, 0.3) is 5.91 Å². The molecule has 2 aromatic carbocycles. The van der Waals surface area contributed by atoms with E-state index in [1.807, 2.05) is 18.2 Å². The molecule has 138 valence electrons. The smallest absolute Gasteiger partial charge is 0.253 e. The van der Waals surface area contributed by atoms with Crippen LogP contribution in [-0.4, -0.2) is 38.0 Å². The van der Waals surface area contributed by atoms with Gasteiger partial charge in [-0.2, -0.15) is 0 Å². The largest absolute Gasteiger partial charge is 0.381 e. The van der Waals surface area contributed by atoms with Crippen LogP contribution in [-0.2, 0) is 6.54 Å². The third kappa shape index (κ3) is 4.57. The summed E-state index contributed by atoms with van der Waals surface area (Å²) in [5.74, 6) is 0.873. The Labute approximate surface area is 156 Å². The van der Waals surface area contributed by atoms with E-state index in [1.165, 1.54) is 18.5 Å². The molecule has 1 aliphatic heterocycles. The molecule has 0 atom stereocenters. The monoisotopic (exact) mass is 351 g/mol. The lowest BCUT2D eigenvalue weighted by molar-refractivity contribution is 0.0827. The van der Waals surface area contributed by atoms with Crippen molar-refractivity contribution in [1.82, 2.24) is 4.90 Å². The molecular formula is C22H29N3O. The molecular weight excluding hydrogens is 322 g/mol. The maximum atomic E-state index is 12.1. The fraction of sp³-hybridized carbons (Fsp3) is 0.409. The third-order valence-corrected chi connectivity index (χ3v) is 5.07. The summed E-state index contributed by atoms with van der Waals surface area (Å²) in [6.07, 6.45) is 2.54. The van der Waals surface area contributed by atoms with Crippen molar-refractivity contribution in [2.75, 3.05) is 37.4 Å². The Balaban J connectivity index is 1.64. The van der Waals surface area contributed by atoms with Crippen molar-refractivity contribution in [2.45, 2.75) is 26.3 Å². The van der Waals surface area contributed by atoms with Crippen molar-refractivity contribution in [1.29, 1.82) is 0 Å². The van der Waals surface area contributed by atoms with E-state index in [-0.39, 0.29) is 5.91 Å². The zero-order chi connectivity index (χ0) is 18.5. The summed E-state index contributed by atoms with van der Waals surface area (Å²) in [5, 5.41) is 3.49. The number of carbonyl (C=O) groups is 1. The minimum absolute atomic E-state index is 0.0353. The number of amides is 1. The summed E-state index contributed by atoms with van der Waals surface area (Å²) in [7, 11) is 3.56. The lowest BCUT2D eigenvalue weighted by atomic mass is 9.99. The molecule has 0 aromatic heterocycles. The fourth-order valence-electron chi connectivity index (χ4n) is 3.36. The summed E-state index contributed by atoms with van der Waals surface area (Å²) in [6.45, 7) is 5.32. The van der Waals surface area contributed by atoms with E-state index >= 15 is 0 Å². The van der Waals surface area contributed by atoms with E-state index in [2.05, 4.69) is 47.5 Å². The number of hydrogen-bond acceptors (Lipinski definition) is 3. The molecule has 0 unspecified atom stereocenters. The standard InChI is InChI=1S/C22H29N3O/c1-17-10-12-25(13-11-17)21-9-5-8-20(15-21)23-16-18-6-4-7-19(14-18)22(26)24(2)3/h4-9,14-15,17,23H,10-13,16H2,1-3H3. The molecule has 4 nitrogen and oxygen atoms in total. The van der Waals surface area contributed by atoms with Crippen LogP contribution in [0.3, 0.4) is 0 Å². The number of nitrogens with zero attached hydrogens (tertiary/aromatic N) is 2. The number of rotatable bonds is 5. The van der Waals surface area contributed by atoms with Crippen LogP contribution in [0.25, 0.3) is 0 Å². The molecule has 1 N–H and O–H groups in total. The molecule has 1 aliphatic rings. The first-order chi connectivity index (χ1) is 12.5. The van der Waals surface area contributed by atoms with E-state index in [0.29, 0.717) is 6.54 Å². The van der Waals surface area contributed by atoms with Gasteiger partial charge in [0.05, 0.1) is 0 Å². The zero-order valence-electron chi connectivity index (χ0n) is 16.0. The fourth-order valence-corrected chi connectivity index (χ4v) is 3.36. The molecule has 1 heterocycles. The van der Waals surface area contributed by atoms with Crippen LogP contribution < -0.4 is 10.2 Å². The van der Waals surface area contributed by atoms with Crippen LogP contribution in [0.2, 0.25) is 0 Å². The van der Waals surface area contributed by atoms with Crippen molar-refractivity contribution in [2.24, 2.45) is 5.92 Å². The van der Waals surface area contributed by atoms with Crippen LogP contribution in [0.1, 0.15) is 35.7 Å². The van der Waals surface area contributed by atoms with Crippen LogP contribution in [0.4, 0.5) is 11.4 Å².